The van der Waals surface area contributed by atoms with Crippen molar-refractivity contribution in [2.24, 2.45) is 5.92 Å². The first-order valence-electron chi connectivity index (χ1n) is 8.58. The number of benzene rings is 1. The molecule has 0 bridgehead atoms. The minimum absolute atomic E-state index is 0.0135. The van der Waals surface area contributed by atoms with E-state index in [4.69, 9.17) is 4.74 Å². The minimum Gasteiger partial charge on any atom is -0.378 e. The third kappa shape index (κ3) is 3.53. The summed E-state index contributed by atoms with van der Waals surface area (Å²) >= 11 is 0. The van der Waals surface area contributed by atoms with Crippen LogP contribution in [0.4, 0.5) is 11.4 Å². The SMILES string of the molecule is CC(C)NC(=O)C1CC(=O)N(c2ccccc2N2CCOCC2)C1. The first-order valence-corrected chi connectivity index (χ1v) is 8.58. The molecule has 2 fully saturated rings. The fourth-order valence-electron chi connectivity index (χ4n) is 3.28. The van der Waals surface area contributed by atoms with Crippen molar-refractivity contribution in [3.63, 3.8) is 0 Å². The number of carbonyl (C=O) groups excluding carboxylic acids is 2. The van der Waals surface area contributed by atoms with Crippen LogP contribution in [-0.2, 0) is 14.3 Å². The second-order valence-electron chi connectivity index (χ2n) is 6.66. The summed E-state index contributed by atoms with van der Waals surface area (Å²) in [5, 5.41) is 2.91. The molecule has 1 aromatic rings. The van der Waals surface area contributed by atoms with Crippen molar-refractivity contribution in [2.45, 2.75) is 26.3 Å². The third-order valence-electron chi connectivity index (χ3n) is 4.45. The number of carbonyl (C=O) groups is 2. The molecule has 0 spiro atoms. The molecule has 6 heteroatoms. The molecule has 1 atom stereocenters. The second-order valence-corrected chi connectivity index (χ2v) is 6.66. The highest BCUT2D eigenvalue weighted by Gasteiger charge is 2.36. The van der Waals surface area contributed by atoms with Crippen molar-refractivity contribution in [2.75, 3.05) is 42.6 Å². The van der Waals surface area contributed by atoms with E-state index in [1.165, 1.54) is 0 Å². The van der Waals surface area contributed by atoms with Gasteiger partial charge in [-0.25, -0.2) is 0 Å². The Bertz CT molecular complexity index is 611. The summed E-state index contributed by atoms with van der Waals surface area (Å²) in [7, 11) is 0. The van der Waals surface area contributed by atoms with Gasteiger partial charge in [0.1, 0.15) is 0 Å². The smallest absolute Gasteiger partial charge is 0.227 e. The maximum Gasteiger partial charge on any atom is 0.227 e. The molecule has 2 saturated heterocycles. The van der Waals surface area contributed by atoms with Crippen LogP contribution in [0.25, 0.3) is 0 Å². The van der Waals surface area contributed by atoms with E-state index in [0.29, 0.717) is 19.8 Å². The van der Waals surface area contributed by atoms with Crippen molar-refractivity contribution in [1.82, 2.24) is 5.32 Å². The number of hydrogen-bond acceptors (Lipinski definition) is 4. The van der Waals surface area contributed by atoms with E-state index >= 15 is 0 Å². The molecule has 1 unspecified atom stereocenters. The highest BCUT2D eigenvalue weighted by Crippen LogP contribution is 2.34. The monoisotopic (exact) mass is 331 g/mol. The predicted octanol–water partition coefficient (Wildman–Crippen LogP) is 1.40. The van der Waals surface area contributed by atoms with Gasteiger partial charge in [0.25, 0.3) is 0 Å². The average Bonchev–Trinajstić information content (AvgIpc) is 2.97. The van der Waals surface area contributed by atoms with E-state index in [1.807, 2.05) is 38.1 Å². The van der Waals surface area contributed by atoms with E-state index in [0.717, 1.165) is 24.5 Å². The summed E-state index contributed by atoms with van der Waals surface area (Å²) in [5.41, 5.74) is 1.93. The number of amides is 2. The van der Waals surface area contributed by atoms with Gasteiger partial charge in [0.2, 0.25) is 11.8 Å². The Morgan fingerprint density at radius 2 is 1.88 bits per heavy atom. The molecular weight excluding hydrogens is 306 g/mol. The Labute approximate surface area is 142 Å². The Morgan fingerprint density at radius 3 is 2.54 bits per heavy atom. The maximum absolute atomic E-state index is 12.5. The number of nitrogens with one attached hydrogen (secondary N) is 1. The molecule has 0 aromatic heterocycles. The summed E-state index contributed by atoms with van der Waals surface area (Å²) in [6.45, 7) is 7.33. The minimum atomic E-state index is -0.280. The number of nitrogens with zero attached hydrogens (tertiary/aromatic N) is 2. The molecule has 2 heterocycles. The highest BCUT2D eigenvalue weighted by molar-refractivity contribution is 6.02. The van der Waals surface area contributed by atoms with E-state index < -0.39 is 0 Å². The van der Waals surface area contributed by atoms with Crippen molar-refractivity contribution < 1.29 is 14.3 Å². The summed E-state index contributed by atoms with van der Waals surface area (Å²) in [4.78, 5) is 28.8. The second kappa shape index (κ2) is 7.21. The molecule has 2 amide bonds. The Kier molecular flexibility index (Phi) is 5.04. The van der Waals surface area contributed by atoms with Gasteiger partial charge in [-0.05, 0) is 26.0 Å². The molecule has 3 rings (SSSR count). The van der Waals surface area contributed by atoms with Gasteiger partial charge in [-0.1, -0.05) is 12.1 Å². The quantitative estimate of drug-likeness (QED) is 0.906. The molecule has 2 aliphatic heterocycles. The fraction of sp³-hybridized carbons (Fsp3) is 0.556. The van der Waals surface area contributed by atoms with Crippen LogP contribution in [0.1, 0.15) is 20.3 Å². The van der Waals surface area contributed by atoms with Crippen molar-refractivity contribution in [3.8, 4) is 0 Å². The van der Waals surface area contributed by atoms with Crippen LogP contribution >= 0.6 is 0 Å². The van der Waals surface area contributed by atoms with Crippen molar-refractivity contribution in [1.29, 1.82) is 0 Å². The van der Waals surface area contributed by atoms with Gasteiger partial charge in [-0.15, -0.1) is 0 Å². The molecule has 0 aliphatic carbocycles. The van der Waals surface area contributed by atoms with Gasteiger partial charge in [0.05, 0.1) is 30.5 Å². The van der Waals surface area contributed by atoms with Gasteiger partial charge >= 0.3 is 0 Å². The van der Waals surface area contributed by atoms with Gasteiger partial charge in [-0.3, -0.25) is 9.59 Å². The van der Waals surface area contributed by atoms with Crippen LogP contribution < -0.4 is 15.1 Å². The van der Waals surface area contributed by atoms with E-state index in [-0.39, 0.29) is 30.2 Å². The van der Waals surface area contributed by atoms with Gasteiger partial charge in [0, 0.05) is 32.1 Å². The third-order valence-corrected chi connectivity index (χ3v) is 4.45. The normalized spacial score (nSPS) is 21.5. The Morgan fingerprint density at radius 1 is 1.21 bits per heavy atom. The molecular formula is C18H25N3O3. The van der Waals surface area contributed by atoms with Crippen LogP contribution in [0.15, 0.2) is 24.3 Å². The summed E-state index contributed by atoms with van der Waals surface area (Å²) < 4.78 is 5.42. The average molecular weight is 331 g/mol. The Balaban J connectivity index is 1.79. The molecule has 0 radical (unpaired) electrons. The molecule has 0 saturated carbocycles. The number of ether oxygens (including phenoxy) is 1. The van der Waals surface area contributed by atoms with Crippen LogP contribution in [0.2, 0.25) is 0 Å². The zero-order chi connectivity index (χ0) is 17.1. The number of anilines is 2. The maximum atomic E-state index is 12.5. The largest absolute Gasteiger partial charge is 0.378 e. The van der Waals surface area contributed by atoms with Crippen LogP contribution in [0, 0.1) is 5.92 Å². The first kappa shape index (κ1) is 16.8. The fourth-order valence-corrected chi connectivity index (χ4v) is 3.28. The highest BCUT2D eigenvalue weighted by atomic mass is 16.5. The summed E-state index contributed by atoms with van der Waals surface area (Å²) in [6, 6.07) is 8.01. The Hall–Kier alpha value is -2.08. The zero-order valence-electron chi connectivity index (χ0n) is 14.3. The topological polar surface area (TPSA) is 61.9 Å². The van der Waals surface area contributed by atoms with E-state index in [1.54, 1.807) is 4.90 Å². The number of para-hydroxylation sites is 2. The van der Waals surface area contributed by atoms with Gasteiger partial charge < -0.3 is 19.9 Å². The van der Waals surface area contributed by atoms with E-state index in [9.17, 15) is 9.59 Å². The van der Waals surface area contributed by atoms with Gasteiger partial charge in [-0.2, -0.15) is 0 Å². The van der Waals surface area contributed by atoms with Gasteiger partial charge in [0.15, 0.2) is 0 Å². The zero-order valence-corrected chi connectivity index (χ0v) is 14.3. The van der Waals surface area contributed by atoms with Crippen LogP contribution in [0.3, 0.4) is 0 Å². The summed E-state index contributed by atoms with van der Waals surface area (Å²) in [6.07, 6.45) is 0.274. The molecule has 1 aromatic carbocycles. The molecule has 2 aliphatic rings. The number of hydrogen-bond donors (Lipinski definition) is 1. The molecule has 1 N–H and O–H groups in total. The van der Waals surface area contributed by atoms with Crippen LogP contribution in [0.5, 0.6) is 0 Å². The summed E-state index contributed by atoms with van der Waals surface area (Å²) in [5.74, 6) is -0.304. The van der Waals surface area contributed by atoms with Crippen molar-refractivity contribution >= 4 is 23.2 Å². The molecule has 24 heavy (non-hydrogen) atoms. The number of rotatable bonds is 4. The van der Waals surface area contributed by atoms with Crippen LogP contribution in [-0.4, -0.2) is 50.7 Å². The first-order chi connectivity index (χ1) is 11.6. The molecule has 130 valence electrons. The lowest BCUT2D eigenvalue weighted by Gasteiger charge is -2.32. The predicted molar refractivity (Wildman–Crippen MR) is 93.2 cm³/mol. The molecule has 6 nitrogen and oxygen atoms in total. The lowest BCUT2D eigenvalue weighted by atomic mass is 10.1. The lowest BCUT2D eigenvalue weighted by Crippen LogP contribution is -2.38. The lowest BCUT2D eigenvalue weighted by molar-refractivity contribution is -0.126. The standard InChI is InChI=1S/C18H25N3O3/c1-13(2)19-18(23)14-11-17(22)21(12-14)16-6-4-3-5-15(16)20-7-9-24-10-8-20/h3-6,13-14H,7-12H2,1-2H3,(H,19,23). The number of morpholine rings is 1. The van der Waals surface area contributed by atoms with E-state index in [2.05, 4.69) is 10.2 Å². The van der Waals surface area contributed by atoms with Crippen molar-refractivity contribution in [3.05, 3.63) is 24.3 Å².